The monoisotopic (exact) mass is 264 g/mol. The molecule has 2 rings (SSSR count). The largest absolute Gasteiger partial charge is 0.325 e. The first-order valence-electron chi connectivity index (χ1n) is 5.79. The van der Waals surface area contributed by atoms with Crippen molar-refractivity contribution < 1.29 is 4.79 Å². The molecule has 0 saturated heterocycles. The van der Waals surface area contributed by atoms with E-state index in [0.29, 0.717) is 11.0 Å². The maximum atomic E-state index is 11.9. The van der Waals surface area contributed by atoms with Gasteiger partial charge >= 0.3 is 0 Å². The van der Waals surface area contributed by atoms with Crippen LogP contribution in [0.4, 0.5) is 5.13 Å². The van der Waals surface area contributed by atoms with Crippen LogP contribution in [0.25, 0.3) is 0 Å². The van der Waals surface area contributed by atoms with Crippen LogP contribution in [-0.2, 0) is 11.3 Å². The molecule has 0 fully saturated rings. The van der Waals surface area contributed by atoms with Crippen molar-refractivity contribution in [1.29, 1.82) is 0 Å². The van der Waals surface area contributed by atoms with Gasteiger partial charge in [0.05, 0.1) is 5.69 Å². The van der Waals surface area contributed by atoms with Gasteiger partial charge in [0, 0.05) is 23.7 Å². The fourth-order valence-corrected chi connectivity index (χ4v) is 2.38. The minimum Gasteiger partial charge on any atom is -0.325 e. The predicted octanol–water partition coefficient (Wildman–Crippen LogP) is 2.41. The Labute approximate surface area is 110 Å². The number of aryl methyl sites for hydroxylation is 1. The molecule has 0 bridgehead atoms. The molecule has 18 heavy (non-hydrogen) atoms. The van der Waals surface area contributed by atoms with Gasteiger partial charge in [0.1, 0.15) is 12.4 Å². The molecule has 1 amide bonds. The molecule has 0 aromatic carbocycles. The molecule has 0 saturated carbocycles. The van der Waals surface area contributed by atoms with Crippen molar-refractivity contribution in [2.45, 2.75) is 33.2 Å². The lowest BCUT2D eigenvalue weighted by Gasteiger charge is -2.09. The highest BCUT2D eigenvalue weighted by Crippen LogP contribution is 2.15. The van der Waals surface area contributed by atoms with Gasteiger partial charge in [0.25, 0.3) is 0 Å². The summed E-state index contributed by atoms with van der Waals surface area (Å²) in [6.45, 7) is 6.28. The summed E-state index contributed by atoms with van der Waals surface area (Å²) in [4.78, 5) is 20.3. The Morgan fingerprint density at radius 1 is 1.56 bits per heavy atom. The van der Waals surface area contributed by atoms with Crippen molar-refractivity contribution in [1.82, 2.24) is 14.5 Å². The topological polar surface area (TPSA) is 59.8 Å². The Bertz CT molecular complexity index is 544. The van der Waals surface area contributed by atoms with E-state index in [9.17, 15) is 4.79 Å². The molecule has 0 aliphatic carbocycles. The smallest absolute Gasteiger partial charge is 0.246 e. The summed E-state index contributed by atoms with van der Waals surface area (Å²) in [5.41, 5.74) is 0.917. The Hall–Kier alpha value is -1.69. The van der Waals surface area contributed by atoms with Gasteiger partial charge in [0.15, 0.2) is 5.13 Å². The molecule has 0 unspecified atom stereocenters. The van der Waals surface area contributed by atoms with Crippen LogP contribution in [0, 0.1) is 6.92 Å². The second-order valence-electron chi connectivity index (χ2n) is 4.41. The number of hydrogen-bond acceptors (Lipinski definition) is 4. The zero-order chi connectivity index (χ0) is 13.1. The lowest BCUT2D eigenvalue weighted by molar-refractivity contribution is -0.116. The number of rotatable bonds is 4. The first kappa shape index (κ1) is 12.8. The molecular formula is C12H16N4OS. The van der Waals surface area contributed by atoms with E-state index in [-0.39, 0.29) is 12.5 Å². The number of aromatic nitrogens is 3. The molecular weight excluding hydrogens is 248 g/mol. The van der Waals surface area contributed by atoms with Crippen LogP contribution in [0.5, 0.6) is 0 Å². The molecule has 2 heterocycles. The number of hydrogen-bond donors (Lipinski definition) is 1. The zero-order valence-electron chi connectivity index (χ0n) is 10.7. The minimum absolute atomic E-state index is 0.0794. The van der Waals surface area contributed by atoms with Crippen LogP contribution in [0.15, 0.2) is 17.8 Å². The Kier molecular flexibility index (Phi) is 3.76. The Morgan fingerprint density at radius 2 is 2.33 bits per heavy atom. The van der Waals surface area contributed by atoms with E-state index >= 15 is 0 Å². The van der Waals surface area contributed by atoms with E-state index < -0.39 is 0 Å². The SMILES string of the molecule is Cc1csc(NC(=O)Cn2ccnc2C(C)C)n1. The van der Waals surface area contributed by atoms with Crippen molar-refractivity contribution in [2.24, 2.45) is 0 Å². The van der Waals surface area contributed by atoms with E-state index in [0.717, 1.165) is 11.5 Å². The first-order chi connectivity index (χ1) is 8.56. The molecule has 6 heteroatoms. The predicted molar refractivity (Wildman–Crippen MR) is 71.8 cm³/mol. The average molecular weight is 264 g/mol. The summed E-state index contributed by atoms with van der Waals surface area (Å²) in [6.07, 6.45) is 3.54. The molecule has 0 aliphatic rings. The quantitative estimate of drug-likeness (QED) is 0.922. The summed E-state index contributed by atoms with van der Waals surface area (Å²) >= 11 is 1.43. The fourth-order valence-electron chi connectivity index (χ4n) is 1.68. The fraction of sp³-hybridized carbons (Fsp3) is 0.417. The number of carbonyl (C=O) groups is 1. The van der Waals surface area contributed by atoms with E-state index in [2.05, 4.69) is 29.1 Å². The van der Waals surface area contributed by atoms with Gasteiger partial charge in [-0.25, -0.2) is 9.97 Å². The number of nitrogens with one attached hydrogen (secondary N) is 1. The number of carbonyl (C=O) groups excluding carboxylic acids is 1. The molecule has 2 aromatic heterocycles. The van der Waals surface area contributed by atoms with Gasteiger partial charge in [-0.05, 0) is 6.92 Å². The van der Waals surface area contributed by atoms with Crippen LogP contribution in [0.2, 0.25) is 0 Å². The molecule has 0 atom stereocenters. The van der Waals surface area contributed by atoms with Gasteiger partial charge in [-0.2, -0.15) is 0 Å². The maximum absolute atomic E-state index is 11.9. The summed E-state index contributed by atoms with van der Waals surface area (Å²) in [5, 5.41) is 5.34. The molecule has 5 nitrogen and oxygen atoms in total. The van der Waals surface area contributed by atoms with Gasteiger partial charge in [-0.1, -0.05) is 13.8 Å². The molecule has 0 spiro atoms. The summed E-state index contributed by atoms with van der Waals surface area (Å²) in [5.74, 6) is 1.14. The van der Waals surface area contributed by atoms with Crippen molar-refractivity contribution in [3.63, 3.8) is 0 Å². The van der Waals surface area contributed by atoms with Crippen LogP contribution < -0.4 is 5.32 Å². The number of imidazole rings is 1. The van der Waals surface area contributed by atoms with Gasteiger partial charge in [0.2, 0.25) is 5.91 Å². The molecule has 1 N–H and O–H groups in total. The van der Waals surface area contributed by atoms with Crippen LogP contribution in [0.3, 0.4) is 0 Å². The lowest BCUT2D eigenvalue weighted by Crippen LogP contribution is -2.20. The second kappa shape index (κ2) is 5.30. The highest BCUT2D eigenvalue weighted by Gasteiger charge is 2.11. The van der Waals surface area contributed by atoms with E-state index in [1.54, 1.807) is 6.20 Å². The van der Waals surface area contributed by atoms with Gasteiger partial charge in [-0.3, -0.25) is 4.79 Å². The number of amides is 1. The lowest BCUT2D eigenvalue weighted by atomic mass is 10.2. The highest BCUT2D eigenvalue weighted by atomic mass is 32.1. The number of nitrogens with zero attached hydrogens (tertiary/aromatic N) is 3. The van der Waals surface area contributed by atoms with Crippen LogP contribution in [-0.4, -0.2) is 20.4 Å². The van der Waals surface area contributed by atoms with Crippen molar-refractivity contribution in [3.05, 3.63) is 29.3 Å². The molecule has 0 radical (unpaired) electrons. The van der Waals surface area contributed by atoms with Crippen molar-refractivity contribution in [2.75, 3.05) is 5.32 Å². The van der Waals surface area contributed by atoms with Gasteiger partial charge in [-0.15, -0.1) is 11.3 Å². The van der Waals surface area contributed by atoms with E-state index in [4.69, 9.17) is 0 Å². The van der Waals surface area contributed by atoms with Gasteiger partial charge < -0.3 is 9.88 Å². The maximum Gasteiger partial charge on any atom is 0.246 e. The number of thiazole rings is 1. The third kappa shape index (κ3) is 2.95. The second-order valence-corrected chi connectivity index (χ2v) is 5.27. The summed E-state index contributed by atoms with van der Waals surface area (Å²) in [6, 6.07) is 0. The molecule has 2 aromatic rings. The van der Waals surface area contributed by atoms with Crippen molar-refractivity contribution >= 4 is 22.4 Å². The average Bonchev–Trinajstić information content (AvgIpc) is 2.87. The highest BCUT2D eigenvalue weighted by molar-refractivity contribution is 7.13. The molecule has 0 aliphatic heterocycles. The summed E-state index contributed by atoms with van der Waals surface area (Å²) in [7, 11) is 0. The molecule has 96 valence electrons. The normalized spacial score (nSPS) is 10.9. The zero-order valence-corrected chi connectivity index (χ0v) is 11.5. The van der Waals surface area contributed by atoms with Crippen molar-refractivity contribution in [3.8, 4) is 0 Å². The van der Waals surface area contributed by atoms with E-state index in [1.165, 1.54) is 11.3 Å². The van der Waals surface area contributed by atoms with Crippen LogP contribution in [0.1, 0.15) is 31.3 Å². The standard InChI is InChI=1S/C12H16N4OS/c1-8(2)11-13-4-5-16(11)6-10(17)15-12-14-9(3)7-18-12/h4-5,7-8H,6H2,1-3H3,(H,14,15,17). The van der Waals surface area contributed by atoms with Crippen LogP contribution >= 0.6 is 11.3 Å². The third-order valence-electron chi connectivity index (χ3n) is 2.44. The Morgan fingerprint density at radius 3 is 2.94 bits per heavy atom. The summed E-state index contributed by atoms with van der Waals surface area (Å²) < 4.78 is 1.86. The third-order valence-corrected chi connectivity index (χ3v) is 3.32. The Balaban J connectivity index is 2.01. The number of anilines is 1. The first-order valence-corrected chi connectivity index (χ1v) is 6.67. The van der Waals surface area contributed by atoms with E-state index in [1.807, 2.05) is 23.1 Å². The minimum atomic E-state index is -0.0794.